The molecule has 0 saturated heterocycles. The summed E-state index contributed by atoms with van der Waals surface area (Å²) in [4.78, 5) is 24.3. The van der Waals surface area contributed by atoms with Gasteiger partial charge in [-0.05, 0) is 50.5 Å². The molecule has 7 heteroatoms. The third-order valence-corrected chi connectivity index (χ3v) is 4.50. The number of nitrogens with one attached hydrogen (secondary N) is 1. The molecule has 0 aliphatic rings. The average molecular weight is 378 g/mol. The van der Waals surface area contributed by atoms with Gasteiger partial charge in [-0.2, -0.15) is 5.10 Å². The Morgan fingerprint density at radius 3 is 2.62 bits per heavy atom. The summed E-state index contributed by atoms with van der Waals surface area (Å²) >= 11 is 6.24. The molecule has 2 aromatic rings. The number of amides is 1. The van der Waals surface area contributed by atoms with Crippen LogP contribution in [-0.4, -0.2) is 28.3 Å². The molecule has 1 N–H and O–H groups in total. The molecular formula is C19H24ClN3O3. The molecular weight excluding hydrogens is 354 g/mol. The summed E-state index contributed by atoms with van der Waals surface area (Å²) in [5.41, 5.74) is 3.57. The Kier molecular flexibility index (Phi) is 6.80. The minimum atomic E-state index is -0.648. The Morgan fingerprint density at radius 2 is 1.96 bits per heavy atom. The predicted octanol–water partition coefficient (Wildman–Crippen LogP) is 4.06. The number of hydrogen-bond acceptors (Lipinski definition) is 4. The average Bonchev–Trinajstić information content (AvgIpc) is 2.88. The number of aromatic nitrogens is 2. The normalized spacial score (nSPS) is 10.7. The molecule has 0 radical (unpaired) electrons. The van der Waals surface area contributed by atoms with Gasteiger partial charge in [0, 0.05) is 12.2 Å². The molecule has 0 aliphatic carbocycles. The van der Waals surface area contributed by atoms with Crippen molar-refractivity contribution in [1.82, 2.24) is 9.78 Å². The number of carbonyl (C=O) groups is 2. The Hall–Kier alpha value is -2.34. The van der Waals surface area contributed by atoms with E-state index in [4.69, 9.17) is 16.3 Å². The van der Waals surface area contributed by atoms with Gasteiger partial charge in [0.1, 0.15) is 10.7 Å². The molecule has 0 saturated carbocycles. The van der Waals surface area contributed by atoms with Crippen molar-refractivity contribution in [3.05, 3.63) is 45.7 Å². The van der Waals surface area contributed by atoms with E-state index >= 15 is 0 Å². The first-order valence-electron chi connectivity index (χ1n) is 8.60. The second-order valence-corrected chi connectivity index (χ2v) is 6.61. The van der Waals surface area contributed by atoms with Crippen LogP contribution in [0.2, 0.25) is 5.15 Å². The van der Waals surface area contributed by atoms with Crippen LogP contribution in [0.5, 0.6) is 0 Å². The van der Waals surface area contributed by atoms with Crippen LogP contribution in [0.3, 0.4) is 0 Å². The number of aryl methyl sites for hydroxylation is 4. The zero-order chi connectivity index (χ0) is 19.3. The van der Waals surface area contributed by atoms with Gasteiger partial charge in [-0.25, -0.2) is 4.79 Å². The van der Waals surface area contributed by atoms with Crippen molar-refractivity contribution in [3.8, 4) is 0 Å². The van der Waals surface area contributed by atoms with Crippen molar-refractivity contribution < 1.29 is 14.3 Å². The Bertz CT molecular complexity index is 815. The minimum absolute atomic E-state index is 0.210. The first-order chi connectivity index (χ1) is 12.3. The summed E-state index contributed by atoms with van der Waals surface area (Å²) in [5.74, 6) is -1.06. The van der Waals surface area contributed by atoms with Gasteiger partial charge in [-0.3, -0.25) is 9.48 Å². The number of anilines is 1. The van der Waals surface area contributed by atoms with Crippen LogP contribution in [0.4, 0.5) is 5.69 Å². The number of esters is 1. The molecule has 0 fully saturated rings. The van der Waals surface area contributed by atoms with Crippen molar-refractivity contribution in [2.75, 3.05) is 11.9 Å². The summed E-state index contributed by atoms with van der Waals surface area (Å²) in [6, 6.07) is 5.60. The Balaban J connectivity index is 1.96. The SMILES string of the molecule is CCCCn1nc(C)c(C(=O)OCC(=O)Nc2ccc(C)c(C)c2)c1Cl. The standard InChI is InChI=1S/C19H24ClN3O3/c1-5-6-9-23-18(20)17(14(4)22-23)19(25)26-11-16(24)21-15-8-7-12(2)13(3)10-15/h7-8,10H,5-6,9,11H2,1-4H3,(H,21,24). The third-order valence-electron chi connectivity index (χ3n) is 4.12. The number of ether oxygens (including phenoxy) is 1. The number of halogens is 1. The smallest absolute Gasteiger partial charge is 0.343 e. The van der Waals surface area contributed by atoms with Gasteiger partial charge in [-0.15, -0.1) is 0 Å². The van der Waals surface area contributed by atoms with Crippen molar-refractivity contribution >= 4 is 29.2 Å². The highest BCUT2D eigenvalue weighted by Crippen LogP contribution is 2.21. The second-order valence-electron chi connectivity index (χ2n) is 6.25. The van der Waals surface area contributed by atoms with Gasteiger partial charge >= 0.3 is 5.97 Å². The summed E-state index contributed by atoms with van der Waals surface area (Å²) < 4.78 is 6.70. The van der Waals surface area contributed by atoms with Crippen LogP contribution < -0.4 is 5.32 Å². The van der Waals surface area contributed by atoms with E-state index < -0.39 is 11.9 Å². The monoisotopic (exact) mass is 377 g/mol. The molecule has 0 unspecified atom stereocenters. The zero-order valence-electron chi connectivity index (χ0n) is 15.6. The highest BCUT2D eigenvalue weighted by Gasteiger charge is 2.22. The molecule has 0 spiro atoms. The van der Waals surface area contributed by atoms with Gasteiger partial charge in [0.2, 0.25) is 0 Å². The fourth-order valence-electron chi connectivity index (χ4n) is 2.46. The predicted molar refractivity (Wildman–Crippen MR) is 102 cm³/mol. The lowest BCUT2D eigenvalue weighted by Crippen LogP contribution is -2.21. The molecule has 140 valence electrons. The molecule has 0 atom stereocenters. The number of hydrogen-bond donors (Lipinski definition) is 1. The van der Waals surface area contributed by atoms with Crippen LogP contribution >= 0.6 is 11.6 Å². The maximum Gasteiger partial charge on any atom is 0.343 e. The van der Waals surface area contributed by atoms with E-state index in [2.05, 4.69) is 17.3 Å². The van der Waals surface area contributed by atoms with E-state index in [-0.39, 0.29) is 17.3 Å². The van der Waals surface area contributed by atoms with E-state index in [9.17, 15) is 9.59 Å². The van der Waals surface area contributed by atoms with Crippen molar-refractivity contribution in [2.45, 2.75) is 47.1 Å². The van der Waals surface area contributed by atoms with Crippen molar-refractivity contribution in [1.29, 1.82) is 0 Å². The molecule has 26 heavy (non-hydrogen) atoms. The topological polar surface area (TPSA) is 73.2 Å². The molecule has 1 heterocycles. The van der Waals surface area contributed by atoms with E-state index in [1.54, 1.807) is 17.7 Å². The lowest BCUT2D eigenvalue weighted by atomic mass is 10.1. The minimum Gasteiger partial charge on any atom is -0.452 e. The Labute approximate surface area is 158 Å². The number of rotatable bonds is 7. The highest BCUT2D eigenvalue weighted by molar-refractivity contribution is 6.32. The molecule has 1 amide bonds. The zero-order valence-corrected chi connectivity index (χ0v) is 16.3. The summed E-state index contributed by atoms with van der Waals surface area (Å²) in [6.07, 6.45) is 1.90. The fraction of sp³-hybridized carbons (Fsp3) is 0.421. The van der Waals surface area contributed by atoms with Gasteiger partial charge in [0.15, 0.2) is 6.61 Å². The fourth-order valence-corrected chi connectivity index (χ4v) is 2.80. The number of carbonyl (C=O) groups excluding carboxylic acids is 2. The summed E-state index contributed by atoms with van der Waals surface area (Å²) in [6.45, 7) is 7.97. The van der Waals surface area contributed by atoms with E-state index in [0.29, 0.717) is 17.9 Å². The lowest BCUT2D eigenvalue weighted by molar-refractivity contribution is -0.119. The first kappa shape index (κ1) is 20.0. The maximum absolute atomic E-state index is 12.3. The molecule has 0 bridgehead atoms. The van der Waals surface area contributed by atoms with Gasteiger partial charge in [-0.1, -0.05) is 31.0 Å². The highest BCUT2D eigenvalue weighted by atomic mass is 35.5. The number of benzene rings is 1. The molecule has 2 rings (SSSR count). The van der Waals surface area contributed by atoms with Gasteiger partial charge in [0.25, 0.3) is 5.91 Å². The number of nitrogens with zero attached hydrogens (tertiary/aromatic N) is 2. The molecule has 0 aliphatic heterocycles. The number of unbranched alkanes of at least 4 members (excludes halogenated alkanes) is 1. The van der Waals surface area contributed by atoms with Crippen molar-refractivity contribution in [3.63, 3.8) is 0 Å². The maximum atomic E-state index is 12.3. The third kappa shape index (κ3) is 4.85. The quantitative estimate of drug-likeness (QED) is 0.738. The van der Waals surface area contributed by atoms with Gasteiger partial charge in [0.05, 0.1) is 5.69 Å². The summed E-state index contributed by atoms with van der Waals surface area (Å²) in [5, 5.41) is 7.22. The van der Waals surface area contributed by atoms with Gasteiger partial charge < -0.3 is 10.1 Å². The lowest BCUT2D eigenvalue weighted by Gasteiger charge is -2.08. The largest absolute Gasteiger partial charge is 0.452 e. The van der Waals surface area contributed by atoms with Crippen LogP contribution in [0.25, 0.3) is 0 Å². The molecule has 6 nitrogen and oxygen atoms in total. The van der Waals surface area contributed by atoms with E-state index in [1.807, 2.05) is 26.0 Å². The molecule has 1 aromatic heterocycles. The molecule has 1 aromatic carbocycles. The first-order valence-corrected chi connectivity index (χ1v) is 8.98. The van der Waals surface area contributed by atoms with Crippen molar-refractivity contribution in [2.24, 2.45) is 0 Å². The summed E-state index contributed by atoms with van der Waals surface area (Å²) in [7, 11) is 0. The van der Waals surface area contributed by atoms with Crippen LogP contribution in [-0.2, 0) is 16.1 Å². The second kappa shape index (κ2) is 8.85. The Morgan fingerprint density at radius 1 is 1.23 bits per heavy atom. The van der Waals surface area contributed by atoms with E-state index in [1.165, 1.54) is 0 Å². The van der Waals surface area contributed by atoms with Crippen LogP contribution in [0.1, 0.15) is 46.9 Å². The van der Waals surface area contributed by atoms with E-state index in [0.717, 1.165) is 24.0 Å². The van der Waals surface area contributed by atoms with Crippen LogP contribution in [0.15, 0.2) is 18.2 Å². The van der Waals surface area contributed by atoms with Crippen LogP contribution in [0, 0.1) is 20.8 Å².